The van der Waals surface area contributed by atoms with Crippen molar-refractivity contribution in [1.82, 2.24) is 4.90 Å². The van der Waals surface area contributed by atoms with Crippen LogP contribution in [-0.2, 0) is 20.9 Å². The highest BCUT2D eigenvalue weighted by Crippen LogP contribution is 2.31. The molecular weight excluding hydrogens is 362 g/mol. The second-order valence-electron chi connectivity index (χ2n) is 6.44. The lowest BCUT2D eigenvalue weighted by molar-refractivity contribution is -0.153. The van der Waals surface area contributed by atoms with Gasteiger partial charge in [0.2, 0.25) is 0 Å². The quantitative estimate of drug-likeness (QED) is 0.681. The first-order valence-corrected chi connectivity index (χ1v) is 8.99. The summed E-state index contributed by atoms with van der Waals surface area (Å²) < 4.78 is 21.5. The van der Waals surface area contributed by atoms with Crippen molar-refractivity contribution in [2.45, 2.75) is 13.5 Å². The lowest BCUT2D eigenvalue weighted by Crippen LogP contribution is -2.31. The molecule has 3 rings (SSSR count). The van der Waals surface area contributed by atoms with E-state index in [1.807, 2.05) is 43.3 Å². The average molecular weight is 385 g/mol. The molecule has 1 heterocycles. The molecule has 0 aliphatic carbocycles. The van der Waals surface area contributed by atoms with E-state index in [2.05, 4.69) is 0 Å². The van der Waals surface area contributed by atoms with Crippen LogP contribution in [0.2, 0.25) is 0 Å². The van der Waals surface area contributed by atoms with Gasteiger partial charge < -0.3 is 23.8 Å². The van der Waals surface area contributed by atoms with Crippen molar-refractivity contribution in [3.63, 3.8) is 0 Å². The molecular formula is C21H23NO6. The standard InChI is InChI=1S/C21H23NO6/c1-15-5-3-4-6-17(15)27-14-21(24)28-13-20(23)22(2)12-16-7-8-18-19(11-16)26-10-9-25-18/h3-8,11H,9-10,12-14H2,1-2H3. The molecule has 2 aromatic carbocycles. The summed E-state index contributed by atoms with van der Waals surface area (Å²) in [7, 11) is 1.65. The van der Waals surface area contributed by atoms with Gasteiger partial charge in [-0.1, -0.05) is 24.3 Å². The zero-order chi connectivity index (χ0) is 19.9. The normalized spacial score (nSPS) is 12.2. The Morgan fingerprint density at radius 1 is 1.04 bits per heavy atom. The third-order valence-corrected chi connectivity index (χ3v) is 4.25. The number of aryl methyl sites for hydroxylation is 1. The van der Waals surface area contributed by atoms with E-state index in [4.69, 9.17) is 18.9 Å². The van der Waals surface area contributed by atoms with Crippen LogP contribution in [0.15, 0.2) is 42.5 Å². The Morgan fingerprint density at radius 2 is 1.79 bits per heavy atom. The van der Waals surface area contributed by atoms with Crippen molar-refractivity contribution >= 4 is 11.9 Å². The fourth-order valence-corrected chi connectivity index (χ4v) is 2.70. The van der Waals surface area contributed by atoms with Gasteiger partial charge in [-0.2, -0.15) is 0 Å². The number of hydrogen-bond donors (Lipinski definition) is 0. The maximum absolute atomic E-state index is 12.2. The van der Waals surface area contributed by atoms with Crippen molar-refractivity contribution < 1.29 is 28.5 Å². The number of nitrogens with zero attached hydrogens (tertiary/aromatic N) is 1. The highest BCUT2D eigenvalue weighted by Gasteiger charge is 2.16. The molecule has 1 aliphatic rings. The Balaban J connectivity index is 1.44. The van der Waals surface area contributed by atoms with Crippen LogP contribution in [0, 0.1) is 6.92 Å². The average Bonchev–Trinajstić information content (AvgIpc) is 2.71. The lowest BCUT2D eigenvalue weighted by Gasteiger charge is -2.21. The van der Waals surface area contributed by atoms with Crippen molar-refractivity contribution in [2.75, 3.05) is 33.5 Å². The van der Waals surface area contributed by atoms with E-state index in [0.29, 0.717) is 37.0 Å². The molecule has 1 amide bonds. The Labute approximate surface area is 163 Å². The molecule has 0 fully saturated rings. The lowest BCUT2D eigenvalue weighted by atomic mass is 10.2. The second-order valence-corrected chi connectivity index (χ2v) is 6.44. The third kappa shape index (κ3) is 5.16. The fourth-order valence-electron chi connectivity index (χ4n) is 2.70. The zero-order valence-corrected chi connectivity index (χ0v) is 16.0. The first-order valence-electron chi connectivity index (χ1n) is 8.99. The van der Waals surface area contributed by atoms with Crippen LogP contribution in [0.1, 0.15) is 11.1 Å². The summed E-state index contributed by atoms with van der Waals surface area (Å²) in [5, 5.41) is 0. The van der Waals surface area contributed by atoms with Gasteiger partial charge in [0.1, 0.15) is 19.0 Å². The molecule has 7 nitrogen and oxygen atoms in total. The van der Waals surface area contributed by atoms with E-state index in [1.54, 1.807) is 13.1 Å². The topological polar surface area (TPSA) is 74.3 Å². The van der Waals surface area contributed by atoms with Crippen molar-refractivity contribution in [2.24, 2.45) is 0 Å². The number of likely N-dealkylation sites (N-methyl/N-ethyl adjacent to an activating group) is 1. The SMILES string of the molecule is Cc1ccccc1OCC(=O)OCC(=O)N(C)Cc1ccc2c(c1)OCCO2. The minimum absolute atomic E-state index is 0.246. The summed E-state index contributed by atoms with van der Waals surface area (Å²) in [5.74, 6) is 1.08. The van der Waals surface area contributed by atoms with Crippen molar-refractivity contribution in [3.05, 3.63) is 53.6 Å². The Morgan fingerprint density at radius 3 is 2.57 bits per heavy atom. The summed E-state index contributed by atoms with van der Waals surface area (Å²) in [6.07, 6.45) is 0. The maximum atomic E-state index is 12.2. The fraction of sp³-hybridized carbons (Fsp3) is 0.333. The van der Waals surface area contributed by atoms with Gasteiger partial charge in [0.25, 0.3) is 5.91 Å². The van der Waals surface area contributed by atoms with Crippen LogP contribution < -0.4 is 14.2 Å². The molecule has 0 atom stereocenters. The number of ether oxygens (including phenoxy) is 4. The molecule has 0 bridgehead atoms. The van der Waals surface area contributed by atoms with Gasteiger partial charge in [0.05, 0.1) is 0 Å². The first-order chi connectivity index (χ1) is 13.5. The summed E-state index contributed by atoms with van der Waals surface area (Å²) in [6, 6.07) is 12.9. The van der Waals surface area contributed by atoms with Gasteiger partial charge in [-0.15, -0.1) is 0 Å². The number of para-hydroxylation sites is 1. The Hall–Kier alpha value is -3.22. The number of carbonyl (C=O) groups is 2. The molecule has 2 aromatic rings. The third-order valence-electron chi connectivity index (χ3n) is 4.25. The van der Waals surface area contributed by atoms with Crippen LogP contribution in [0.3, 0.4) is 0 Å². The smallest absolute Gasteiger partial charge is 0.344 e. The highest BCUT2D eigenvalue weighted by molar-refractivity contribution is 5.80. The Bertz CT molecular complexity index is 851. The summed E-state index contributed by atoms with van der Waals surface area (Å²) in [6.45, 7) is 2.71. The van der Waals surface area contributed by atoms with Crippen molar-refractivity contribution in [1.29, 1.82) is 0 Å². The molecule has 0 unspecified atom stereocenters. The molecule has 28 heavy (non-hydrogen) atoms. The van der Waals surface area contributed by atoms with Crippen LogP contribution >= 0.6 is 0 Å². The number of esters is 1. The van der Waals surface area contributed by atoms with Crippen LogP contribution in [-0.4, -0.2) is 50.3 Å². The summed E-state index contributed by atoms with van der Waals surface area (Å²) in [4.78, 5) is 25.5. The Kier molecular flexibility index (Phi) is 6.37. The second kappa shape index (κ2) is 9.12. The van der Waals surface area contributed by atoms with E-state index in [0.717, 1.165) is 11.1 Å². The van der Waals surface area contributed by atoms with E-state index >= 15 is 0 Å². The number of amides is 1. The van der Waals surface area contributed by atoms with Crippen molar-refractivity contribution in [3.8, 4) is 17.2 Å². The minimum Gasteiger partial charge on any atom is -0.486 e. The summed E-state index contributed by atoms with van der Waals surface area (Å²) >= 11 is 0. The number of rotatable bonds is 7. The molecule has 0 radical (unpaired) electrons. The monoisotopic (exact) mass is 385 g/mol. The molecule has 0 spiro atoms. The van der Waals surface area contributed by atoms with Gasteiger partial charge in [-0.05, 0) is 36.2 Å². The minimum atomic E-state index is -0.593. The van der Waals surface area contributed by atoms with Crippen LogP contribution in [0.25, 0.3) is 0 Å². The number of hydrogen-bond acceptors (Lipinski definition) is 6. The molecule has 1 aliphatic heterocycles. The van der Waals surface area contributed by atoms with Gasteiger partial charge in [0.15, 0.2) is 24.7 Å². The van der Waals surface area contributed by atoms with Crippen LogP contribution in [0.5, 0.6) is 17.2 Å². The van der Waals surface area contributed by atoms with Gasteiger partial charge >= 0.3 is 5.97 Å². The number of benzene rings is 2. The van der Waals surface area contributed by atoms with Gasteiger partial charge in [0, 0.05) is 13.6 Å². The van der Waals surface area contributed by atoms with Gasteiger partial charge in [-0.3, -0.25) is 4.79 Å². The predicted octanol–water partition coefficient (Wildman–Crippen LogP) is 2.35. The molecule has 0 N–H and O–H groups in total. The molecule has 148 valence electrons. The van der Waals surface area contributed by atoms with Gasteiger partial charge in [-0.25, -0.2) is 4.79 Å². The molecule has 7 heteroatoms. The first kappa shape index (κ1) is 19.5. The highest BCUT2D eigenvalue weighted by atomic mass is 16.6. The van der Waals surface area contributed by atoms with Crippen LogP contribution in [0.4, 0.5) is 0 Å². The summed E-state index contributed by atoms with van der Waals surface area (Å²) in [5.41, 5.74) is 1.82. The van der Waals surface area contributed by atoms with E-state index in [1.165, 1.54) is 4.90 Å². The molecule has 0 saturated heterocycles. The van der Waals surface area contributed by atoms with E-state index in [-0.39, 0.29) is 19.1 Å². The molecule has 0 saturated carbocycles. The predicted molar refractivity (Wildman–Crippen MR) is 102 cm³/mol. The maximum Gasteiger partial charge on any atom is 0.344 e. The molecule has 0 aromatic heterocycles. The largest absolute Gasteiger partial charge is 0.486 e. The zero-order valence-electron chi connectivity index (χ0n) is 16.0. The van der Waals surface area contributed by atoms with E-state index < -0.39 is 5.97 Å². The number of carbonyl (C=O) groups excluding carboxylic acids is 2. The van der Waals surface area contributed by atoms with E-state index in [9.17, 15) is 9.59 Å². The number of fused-ring (bicyclic) bond motifs is 1.